The Hall–Kier alpha value is -3.69. The number of hydrogen-bond acceptors (Lipinski definition) is 7. The second-order valence-electron chi connectivity index (χ2n) is 11.6. The summed E-state index contributed by atoms with van der Waals surface area (Å²) in [5.41, 5.74) is -0.159. The average molecular weight is 593 g/mol. The number of sulfone groups is 1. The van der Waals surface area contributed by atoms with Crippen molar-refractivity contribution >= 4 is 21.6 Å². The Morgan fingerprint density at radius 1 is 1.00 bits per heavy atom. The number of benzene rings is 3. The SMILES string of the molecule is CC(C)(C)CCNC(=O)[C@]1(CCS(=O)(=O)c2ccccc2)N=C(c2ccc(OCCCO)cc2)O[C@@H]1c1ccccc1. The first-order valence-electron chi connectivity index (χ1n) is 14.3. The summed E-state index contributed by atoms with van der Waals surface area (Å²) in [5, 5.41) is 12.1. The molecule has 1 amide bonds. The minimum absolute atomic E-state index is 0.00246. The molecule has 224 valence electrons. The minimum Gasteiger partial charge on any atom is -0.494 e. The lowest BCUT2D eigenvalue weighted by Gasteiger charge is -2.31. The molecule has 2 atom stereocenters. The van der Waals surface area contributed by atoms with Crippen LogP contribution in [0.2, 0.25) is 0 Å². The van der Waals surface area contributed by atoms with Gasteiger partial charge in [-0.3, -0.25) is 4.79 Å². The smallest absolute Gasteiger partial charge is 0.252 e. The highest BCUT2D eigenvalue weighted by Crippen LogP contribution is 2.43. The van der Waals surface area contributed by atoms with E-state index in [4.69, 9.17) is 19.6 Å². The maximum absolute atomic E-state index is 14.1. The highest BCUT2D eigenvalue weighted by atomic mass is 32.2. The molecular weight excluding hydrogens is 552 g/mol. The number of amides is 1. The molecule has 3 aromatic rings. The molecule has 0 fully saturated rings. The average Bonchev–Trinajstić information content (AvgIpc) is 3.38. The van der Waals surface area contributed by atoms with Gasteiger partial charge in [0.25, 0.3) is 5.91 Å². The van der Waals surface area contributed by atoms with E-state index in [-0.39, 0.29) is 40.9 Å². The lowest BCUT2D eigenvalue weighted by Crippen LogP contribution is -2.49. The second kappa shape index (κ2) is 13.5. The van der Waals surface area contributed by atoms with Crippen molar-refractivity contribution < 1.29 is 27.8 Å². The standard InChI is InChI=1S/C33H40N2O6S/c1-32(2,3)19-21-34-31(37)33(20-24-42(38,39)28-13-8-5-9-14-28)29(25-11-6-4-7-12-25)41-30(35-33)26-15-17-27(18-16-26)40-23-10-22-36/h4-9,11-18,29,36H,10,19-24H2,1-3H3,(H,34,37)/t29-,33-/m1/s1. The van der Waals surface area contributed by atoms with E-state index in [2.05, 4.69) is 26.1 Å². The molecule has 1 aliphatic rings. The van der Waals surface area contributed by atoms with Crippen LogP contribution in [0.4, 0.5) is 0 Å². The van der Waals surface area contributed by atoms with Crippen LogP contribution in [0.15, 0.2) is 94.8 Å². The molecule has 3 aromatic carbocycles. The molecule has 0 saturated heterocycles. The van der Waals surface area contributed by atoms with Gasteiger partial charge in [0, 0.05) is 31.6 Å². The number of aliphatic imine (C=N–C) groups is 1. The molecule has 9 heteroatoms. The van der Waals surface area contributed by atoms with Gasteiger partial charge >= 0.3 is 0 Å². The zero-order valence-electron chi connectivity index (χ0n) is 24.5. The quantitative estimate of drug-likeness (QED) is 0.266. The number of nitrogens with one attached hydrogen (secondary N) is 1. The number of nitrogens with zero attached hydrogens (tertiary/aromatic N) is 1. The van der Waals surface area contributed by atoms with Crippen LogP contribution in [0, 0.1) is 5.41 Å². The number of aliphatic hydroxyl groups is 1. The summed E-state index contributed by atoms with van der Waals surface area (Å²) in [4.78, 5) is 19.2. The molecular formula is C33H40N2O6S. The van der Waals surface area contributed by atoms with Crippen LogP contribution in [-0.4, -0.2) is 56.4 Å². The third-order valence-corrected chi connectivity index (χ3v) is 8.88. The summed E-state index contributed by atoms with van der Waals surface area (Å²) >= 11 is 0. The fraction of sp³-hybridized carbons (Fsp3) is 0.394. The van der Waals surface area contributed by atoms with Gasteiger partial charge in [0.15, 0.2) is 21.5 Å². The Labute approximate surface area is 248 Å². The summed E-state index contributed by atoms with van der Waals surface area (Å²) in [6.07, 6.45) is 0.351. The van der Waals surface area contributed by atoms with Gasteiger partial charge < -0.3 is 19.9 Å². The number of carbonyl (C=O) groups excluding carboxylic acids is 1. The van der Waals surface area contributed by atoms with Gasteiger partial charge in [-0.05, 0) is 53.8 Å². The third-order valence-electron chi connectivity index (χ3n) is 7.15. The van der Waals surface area contributed by atoms with E-state index in [0.29, 0.717) is 30.9 Å². The van der Waals surface area contributed by atoms with Crippen molar-refractivity contribution in [3.8, 4) is 5.75 Å². The normalized spacial score (nSPS) is 18.7. The van der Waals surface area contributed by atoms with Gasteiger partial charge in [0.2, 0.25) is 5.90 Å². The summed E-state index contributed by atoms with van der Waals surface area (Å²) in [6.45, 7) is 7.14. The van der Waals surface area contributed by atoms with Gasteiger partial charge in [-0.2, -0.15) is 0 Å². The van der Waals surface area contributed by atoms with Gasteiger partial charge in [-0.25, -0.2) is 13.4 Å². The van der Waals surface area contributed by atoms with E-state index in [1.165, 1.54) is 0 Å². The van der Waals surface area contributed by atoms with Crippen LogP contribution >= 0.6 is 0 Å². The first-order chi connectivity index (χ1) is 20.0. The van der Waals surface area contributed by atoms with Gasteiger partial charge in [-0.15, -0.1) is 0 Å². The minimum atomic E-state index is -3.71. The van der Waals surface area contributed by atoms with Crippen molar-refractivity contribution in [3.05, 3.63) is 96.1 Å². The van der Waals surface area contributed by atoms with E-state index in [1.54, 1.807) is 54.6 Å². The largest absolute Gasteiger partial charge is 0.494 e. The Morgan fingerprint density at radius 2 is 1.64 bits per heavy atom. The van der Waals surface area contributed by atoms with Crippen LogP contribution in [-0.2, 0) is 19.4 Å². The number of ether oxygens (including phenoxy) is 2. The Morgan fingerprint density at radius 3 is 2.26 bits per heavy atom. The zero-order chi connectivity index (χ0) is 30.2. The Kier molecular flexibility index (Phi) is 10.1. The molecule has 2 N–H and O–H groups in total. The van der Waals surface area contributed by atoms with Gasteiger partial charge in [0.05, 0.1) is 17.3 Å². The number of carbonyl (C=O) groups is 1. The third kappa shape index (κ3) is 7.77. The summed E-state index contributed by atoms with van der Waals surface area (Å²) in [5.74, 6) is 0.229. The lowest BCUT2D eigenvalue weighted by atomic mass is 9.84. The fourth-order valence-electron chi connectivity index (χ4n) is 4.74. The Balaban J connectivity index is 1.73. The first kappa shape index (κ1) is 31.3. The van der Waals surface area contributed by atoms with Crippen LogP contribution in [0.25, 0.3) is 0 Å². The topological polar surface area (TPSA) is 114 Å². The number of hydrogen-bond donors (Lipinski definition) is 2. The molecule has 0 aromatic heterocycles. The van der Waals surface area contributed by atoms with Gasteiger partial charge in [0.1, 0.15) is 5.75 Å². The summed E-state index contributed by atoms with van der Waals surface area (Å²) < 4.78 is 38.9. The summed E-state index contributed by atoms with van der Waals surface area (Å²) in [7, 11) is -3.71. The molecule has 1 heterocycles. The predicted molar refractivity (Wildman–Crippen MR) is 163 cm³/mol. The number of rotatable bonds is 13. The molecule has 0 unspecified atom stereocenters. The monoisotopic (exact) mass is 592 g/mol. The molecule has 0 bridgehead atoms. The maximum atomic E-state index is 14.1. The molecule has 0 saturated carbocycles. The van der Waals surface area contributed by atoms with Crippen molar-refractivity contribution in [1.29, 1.82) is 0 Å². The van der Waals surface area contributed by atoms with E-state index in [9.17, 15) is 13.2 Å². The van der Waals surface area contributed by atoms with Crippen LogP contribution < -0.4 is 10.1 Å². The highest BCUT2D eigenvalue weighted by molar-refractivity contribution is 7.91. The van der Waals surface area contributed by atoms with Crippen LogP contribution in [0.1, 0.15) is 57.3 Å². The molecule has 8 nitrogen and oxygen atoms in total. The van der Waals surface area contributed by atoms with Crippen LogP contribution in [0.3, 0.4) is 0 Å². The molecule has 0 spiro atoms. The summed E-state index contributed by atoms with van der Waals surface area (Å²) in [6, 6.07) is 24.7. The van der Waals surface area contributed by atoms with E-state index in [0.717, 1.165) is 12.0 Å². The van der Waals surface area contributed by atoms with E-state index < -0.39 is 21.5 Å². The van der Waals surface area contributed by atoms with Crippen molar-refractivity contribution in [3.63, 3.8) is 0 Å². The predicted octanol–water partition coefficient (Wildman–Crippen LogP) is 5.12. The van der Waals surface area contributed by atoms with Gasteiger partial charge in [-0.1, -0.05) is 69.3 Å². The molecule has 4 rings (SSSR count). The van der Waals surface area contributed by atoms with Crippen molar-refractivity contribution in [2.75, 3.05) is 25.5 Å². The van der Waals surface area contributed by atoms with Crippen molar-refractivity contribution in [2.45, 2.75) is 56.6 Å². The van der Waals surface area contributed by atoms with Crippen molar-refractivity contribution in [1.82, 2.24) is 5.32 Å². The molecule has 0 radical (unpaired) electrons. The van der Waals surface area contributed by atoms with E-state index in [1.807, 2.05) is 30.3 Å². The Bertz CT molecular complexity index is 1450. The van der Waals surface area contributed by atoms with Crippen molar-refractivity contribution in [2.24, 2.45) is 10.4 Å². The molecule has 1 aliphatic heterocycles. The zero-order valence-corrected chi connectivity index (χ0v) is 25.3. The second-order valence-corrected chi connectivity index (χ2v) is 13.8. The maximum Gasteiger partial charge on any atom is 0.252 e. The molecule has 0 aliphatic carbocycles. The fourth-order valence-corrected chi connectivity index (χ4v) is 6.13. The number of aliphatic hydroxyl groups excluding tert-OH is 1. The first-order valence-corrected chi connectivity index (χ1v) is 15.9. The lowest BCUT2D eigenvalue weighted by molar-refractivity contribution is -0.129. The van der Waals surface area contributed by atoms with Crippen LogP contribution in [0.5, 0.6) is 5.75 Å². The highest BCUT2D eigenvalue weighted by Gasteiger charge is 2.53. The van der Waals surface area contributed by atoms with E-state index >= 15 is 0 Å². The molecule has 42 heavy (non-hydrogen) atoms.